The molecular weight excluding hydrogens is 244 g/mol. The predicted molar refractivity (Wildman–Crippen MR) is 88.4 cm³/mol. The number of unbranched alkanes of at least 4 members (excludes halogenated alkanes) is 2. The second kappa shape index (κ2) is 6.27. The van der Waals surface area contributed by atoms with Gasteiger partial charge in [0, 0.05) is 11.2 Å². The minimum Gasteiger partial charge on any atom is -0.399 e. The molecule has 1 aliphatic carbocycles. The van der Waals surface area contributed by atoms with Gasteiger partial charge in [0.25, 0.3) is 0 Å². The Bertz CT molecular complexity index is 528. The molecule has 0 aromatic heterocycles. The molecule has 1 aliphatic rings. The SMILES string of the molecule is CCCCCC1(N)C=CC(c2ccc(N)c(C)c2)=CC1. The van der Waals surface area contributed by atoms with Gasteiger partial charge in [0.05, 0.1) is 0 Å². The Kier molecular flexibility index (Phi) is 4.66. The topological polar surface area (TPSA) is 52.0 Å². The summed E-state index contributed by atoms with van der Waals surface area (Å²) >= 11 is 0. The predicted octanol–water partition coefficient (Wildman–Crippen LogP) is 4.20. The lowest BCUT2D eigenvalue weighted by atomic mass is 9.83. The Morgan fingerprint density at radius 3 is 2.65 bits per heavy atom. The van der Waals surface area contributed by atoms with Crippen LogP contribution in [0.15, 0.2) is 36.4 Å². The molecule has 108 valence electrons. The molecule has 0 bridgehead atoms. The van der Waals surface area contributed by atoms with E-state index >= 15 is 0 Å². The normalized spacial score (nSPS) is 21.9. The third-order valence-corrected chi connectivity index (χ3v) is 4.15. The summed E-state index contributed by atoms with van der Waals surface area (Å²) in [6, 6.07) is 6.20. The highest BCUT2D eigenvalue weighted by atomic mass is 14.7. The van der Waals surface area contributed by atoms with Crippen LogP contribution in [0.4, 0.5) is 5.69 Å². The van der Waals surface area contributed by atoms with Gasteiger partial charge in [-0.2, -0.15) is 0 Å². The van der Waals surface area contributed by atoms with Gasteiger partial charge in [-0.3, -0.25) is 0 Å². The molecule has 0 radical (unpaired) electrons. The molecule has 4 N–H and O–H groups in total. The van der Waals surface area contributed by atoms with Gasteiger partial charge in [0.1, 0.15) is 0 Å². The summed E-state index contributed by atoms with van der Waals surface area (Å²) in [5.41, 5.74) is 16.6. The molecular formula is C18H26N2. The third-order valence-electron chi connectivity index (χ3n) is 4.15. The second-order valence-electron chi connectivity index (χ2n) is 5.96. The fourth-order valence-electron chi connectivity index (χ4n) is 2.65. The van der Waals surface area contributed by atoms with Crippen LogP contribution in [0.5, 0.6) is 0 Å². The highest BCUT2D eigenvalue weighted by Gasteiger charge is 2.22. The van der Waals surface area contributed by atoms with Crippen molar-refractivity contribution in [3.63, 3.8) is 0 Å². The van der Waals surface area contributed by atoms with E-state index in [1.807, 2.05) is 13.0 Å². The van der Waals surface area contributed by atoms with E-state index in [1.54, 1.807) is 0 Å². The number of benzene rings is 1. The molecule has 2 nitrogen and oxygen atoms in total. The summed E-state index contributed by atoms with van der Waals surface area (Å²) in [4.78, 5) is 0. The number of aryl methyl sites for hydroxylation is 1. The smallest absolute Gasteiger partial charge is 0.0377 e. The van der Waals surface area contributed by atoms with Crippen molar-refractivity contribution >= 4 is 11.3 Å². The molecule has 2 heteroatoms. The molecule has 0 amide bonds. The second-order valence-corrected chi connectivity index (χ2v) is 5.96. The van der Waals surface area contributed by atoms with E-state index in [1.165, 1.54) is 30.4 Å². The van der Waals surface area contributed by atoms with Crippen LogP contribution in [0.1, 0.15) is 50.2 Å². The fourth-order valence-corrected chi connectivity index (χ4v) is 2.65. The minimum atomic E-state index is -0.151. The van der Waals surface area contributed by atoms with Crippen molar-refractivity contribution in [3.05, 3.63) is 47.6 Å². The zero-order valence-corrected chi connectivity index (χ0v) is 12.7. The molecule has 0 saturated heterocycles. The lowest BCUT2D eigenvalue weighted by molar-refractivity contribution is 0.460. The molecule has 1 aromatic carbocycles. The molecule has 0 heterocycles. The average Bonchev–Trinajstić information content (AvgIpc) is 2.43. The maximum atomic E-state index is 6.44. The summed E-state index contributed by atoms with van der Waals surface area (Å²) in [6.45, 7) is 4.27. The molecule has 2 rings (SSSR count). The Morgan fingerprint density at radius 1 is 1.25 bits per heavy atom. The van der Waals surface area contributed by atoms with Gasteiger partial charge >= 0.3 is 0 Å². The number of allylic oxidation sites excluding steroid dienone is 2. The van der Waals surface area contributed by atoms with Crippen molar-refractivity contribution in [3.8, 4) is 0 Å². The molecule has 0 aliphatic heterocycles. The van der Waals surface area contributed by atoms with Crippen molar-refractivity contribution < 1.29 is 0 Å². The van der Waals surface area contributed by atoms with Gasteiger partial charge in [-0.05, 0) is 48.6 Å². The first kappa shape index (κ1) is 14.9. The van der Waals surface area contributed by atoms with E-state index < -0.39 is 0 Å². The van der Waals surface area contributed by atoms with Crippen molar-refractivity contribution in [2.24, 2.45) is 5.73 Å². The summed E-state index contributed by atoms with van der Waals surface area (Å²) in [6.07, 6.45) is 12.3. The van der Waals surface area contributed by atoms with Crippen LogP contribution < -0.4 is 11.5 Å². The monoisotopic (exact) mass is 270 g/mol. The fraction of sp³-hybridized carbons (Fsp3) is 0.444. The summed E-state index contributed by atoms with van der Waals surface area (Å²) in [5.74, 6) is 0. The van der Waals surface area contributed by atoms with Crippen LogP contribution in [0.3, 0.4) is 0 Å². The number of nitrogen functional groups attached to an aromatic ring is 1. The standard InChI is InChI=1S/C18H26N2/c1-3-4-5-10-18(20)11-8-15(9-12-18)16-6-7-17(19)14(2)13-16/h6-9,11,13H,3-5,10,12,19-20H2,1-2H3. The third kappa shape index (κ3) is 3.51. The van der Waals surface area contributed by atoms with Crippen LogP contribution >= 0.6 is 0 Å². The van der Waals surface area contributed by atoms with Crippen LogP contribution in [0.2, 0.25) is 0 Å². The lowest BCUT2D eigenvalue weighted by Crippen LogP contribution is -2.38. The van der Waals surface area contributed by atoms with Gasteiger partial charge in [0.2, 0.25) is 0 Å². The van der Waals surface area contributed by atoms with Crippen LogP contribution in [-0.4, -0.2) is 5.54 Å². The molecule has 1 atom stereocenters. The molecule has 1 aromatic rings. The highest BCUT2D eigenvalue weighted by molar-refractivity contribution is 5.77. The first-order valence-corrected chi connectivity index (χ1v) is 7.59. The Morgan fingerprint density at radius 2 is 2.05 bits per heavy atom. The van der Waals surface area contributed by atoms with E-state index in [0.29, 0.717) is 0 Å². The Balaban J connectivity index is 2.05. The molecule has 20 heavy (non-hydrogen) atoms. The lowest BCUT2D eigenvalue weighted by Gasteiger charge is -2.28. The zero-order chi connectivity index (χ0) is 14.6. The van der Waals surface area contributed by atoms with Crippen molar-refractivity contribution in [1.82, 2.24) is 0 Å². The van der Waals surface area contributed by atoms with Crippen molar-refractivity contribution in [2.75, 3.05) is 5.73 Å². The van der Waals surface area contributed by atoms with Gasteiger partial charge in [-0.1, -0.05) is 50.5 Å². The Hall–Kier alpha value is -1.54. The van der Waals surface area contributed by atoms with Gasteiger partial charge < -0.3 is 11.5 Å². The number of hydrogen-bond acceptors (Lipinski definition) is 2. The largest absolute Gasteiger partial charge is 0.399 e. The van der Waals surface area contributed by atoms with Gasteiger partial charge in [0.15, 0.2) is 0 Å². The highest BCUT2D eigenvalue weighted by Crippen LogP contribution is 2.29. The first-order chi connectivity index (χ1) is 9.54. The van der Waals surface area contributed by atoms with E-state index in [0.717, 1.165) is 24.1 Å². The first-order valence-electron chi connectivity index (χ1n) is 7.59. The number of anilines is 1. The number of rotatable bonds is 5. The Labute approximate surface area is 122 Å². The molecule has 0 saturated carbocycles. The maximum Gasteiger partial charge on any atom is 0.0377 e. The average molecular weight is 270 g/mol. The van der Waals surface area contributed by atoms with Gasteiger partial charge in [-0.15, -0.1) is 0 Å². The quantitative estimate of drug-likeness (QED) is 0.622. The summed E-state index contributed by atoms with van der Waals surface area (Å²) in [7, 11) is 0. The summed E-state index contributed by atoms with van der Waals surface area (Å²) < 4.78 is 0. The van der Waals surface area contributed by atoms with E-state index in [9.17, 15) is 0 Å². The van der Waals surface area contributed by atoms with Crippen molar-refractivity contribution in [1.29, 1.82) is 0 Å². The van der Waals surface area contributed by atoms with Gasteiger partial charge in [-0.25, -0.2) is 0 Å². The van der Waals surface area contributed by atoms with E-state index in [-0.39, 0.29) is 5.54 Å². The van der Waals surface area contributed by atoms with Crippen LogP contribution in [0, 0.1) is 6.92 Å². The maximum absolute atomic E-state index is 6.44. The number of nitrogens with two attached hydrogens (primary N) is 2. The van der Waals surface area contributed by atoms with Crippen LogP contribution in [0.25, 0.3) is 5.57 Å². The van der Waals surface area contributed by atoms with Crippen molar-refractivity contribution in [2.45, 2.75) is 51.5 Å². The van der Waals surface area contributed by atoms with Crippen LogP contribution in [-0.2, 0) is 0 Å². The van der Waals surface area contributed by atoms with E-state index in [4.69, 9.17) is 11.5 Å². The number of hydrogen-bond donors (Lipinski definition) is 2. The van der Waals surface area contributed by atoms with E-state index in [2.05, 4.69) is 37.3 Å². The molecule has 0 fully saturated rings. The molecule has 0 spiro atoms. The minimum absolute atomic E-state index is 0.151. The zero-order valence-electron chi connectivity index (χ0n) is 12.7. The summed E-state index contributed by atoms with van der Waals surface area (Å²) in [5, 5.41) is 0. The molecule has 1 unspecified atom stereocenters.